The van der Waals surface area contributed by atoms with Crippen molar-refractivity contribution in [3.8, 4) is 17.2 Å². The van der Waals surface area contributed by atoms with Gasteiger partial charge in [-0.1, -0.05) is 66.7 Å². The van der Waals surface area contributed by atoms with Gasteiger partial charge in [0.05, 0.1) is 58.4 Å². The molecule has 2 atom stereocenters. The number of piperidine rings is 1. The smallest absolute Gasteiger partial charge is 0.410 e. The van der Waals surface area contributed by atoms with Gasteiger partial charge >= 0.3 is 6.09 Å². The highest BCUT2D eigenvalue weighted by atomic mass is 16.6. The summed E-state index contributed by atoms with van der Waals surface area (Å²) in [5, 5.41) is 0. The lowest BCUT2D eigenvalue weighted by atomic mass is 9.87. The summed E-state index contributed by atoms with van der Waals surface area (Å²) in [6.07, 6.45) is 3.01. The quantitative estimate of drug-likeness (QED) is 0.106. The summed E-state index contributed by atoms with van der Waals surface area (Å²) in [5.74, 6) is 2.64. The second kappa shape index (κ2) is 19.9. The average molecular weight is 724 g/mol. The number of para-hydroxylation sites is 1. The monoisotopic (exact) mass is 723 g/mol. The Morgan fingerprint density at radius 1 is 0.849 bits per heavy atom. The zero-order chi connectivity index (χ0) is 36.7. The SMILES string of the molecule is COc1ccccc1COCCCOc1ccc(C2CCN(C(=O)OCc3ccccc3)CC2OCc2ccc3c(c2)N(CCCCN)CCO3)cc1. The van der Waals surface area contributed by atoms with E-state index in [0.717, 1.165) is 84.0 Å². The molecular formula is C43H53N3O7. The molecule has 2 aliphatic rings. The Morgan fingerprint density at radius 3 is 2.51 bits per heavy atom. The summed E-state index contributed by atoms with van der Waals surface area (Å²) in [7, 11) is 1.67. The van der Waals surface area contributed by atoms with Crippen molar-refractivity contribution >= 4 is 11.8 Å². The van der Waals surface area contributed by atoms with E-state index in [9.17, 15) is 4.79 Å². The first-order valence-corrected chi connectivity index (χ1v) is 18.8. The number of benzene rings is 4. The molecule has 1 fully saturated rings. The number of fused-ring (bicyclic) bond motifs is 1. The number of rotatable bonds is 18. The van der Waals surface area contributed by atoms with Crippen LogP contribution in [-0.4, -0.2) is 76.8 Å². The number of ether oxygens (including phenoxy) is 6. The Balaban J connectivity index is 1.06. The number of unbranched alkanes of at least 4 members (excludes halogenated alkanes) is 1. The number of amides is 1. The molecule has 10 heteroatoms. The van der Waals surface area contributed by atoms with Crippen molar-refractivity contribution in [3.05, 3.63) is 119 Å². The van der Waals surface area contributed by atoms with Gasteiger partial charge in [0.1, 0.15) is 30.5 Å². The zero-order valence-corrected chi connectivity index (χ0v) is 30.8. The van der Waals surface area contributed by atoms with Crippen LogP contribution < -0.4 is 24.8 Å². The molecule has 2 N–H and O–H groups in total. The lowest BCUT2D eigenvalue weighted by Crippen LogP contribution is -2.47. The third-order valence-corrected chi connectivity index (χ3v) is 9.81. The Morgan fingerprint density at radius 2 is 1.68 bits per heavy atom. The molecule has 10 nitrogen and oxygen atoms in total. The minimum Gasteiger partial charge on any atom is -0.496 e. The number of likely N-dealkylation sites (tertiary alicyclic amines) is 1. The Bertz CT molecular complexity index is 1700. The fourth-order valence-corrected chi connectivity index (χ4v) is 6.90. The van der Waals surface area contributed by atoms with E-state index in [4.69, 9.17) is 34.2 Å². The Kier molecular flexibility index (Phi) is 14.3. The van der Waals surface area contributed by atoms with Crippen molar-refractivity contribution in [2.24, 2.45) is 5.73 Å². The van der Waals surface area contributed by atoms with Crippen LogP contribution in [0.1, 0.15) is 53.9 Å². The molecule has 1 saturated heterocycles. The standard InChI is InChI=1S/C43H53N3O7/c1-48-40-13-6-5-12-36(40)32-49-25-9-26-50-37-17-15-35(16-18-37)38-20-23-46(43(47)53-30-33-10-3-2-4-11-33)29-42(38)52-31-34-14-19-41-39(28-34)45(24-27-51-41)22-8-7-21-44/h2-6,10-19,28,38,42H,7-9,20-27,29-32,44H2,1H3. The molecular weight excluding hydrogens is 670 g/mol. The lowest BCUT2D eigenvalue weighted by molar-refractivity contribution is -0.0246. The largest absolute Gasteiger partial charge is 0.496 e. The van der Waals surface area contributed by atoms with E-state index in [1.54, 1.807) is 12.0 Å². The van der Waals surface area contributed by atoms with Crippen molar-refractivity contribution in [3.63, 3.8) is 0 Å². The van der Waals surface area contributed by atoms with Crippen LogP contribution in [0, 0.1) is 0 Å². The summed E-state index contributed by atoms with van der Waals surface area (Å²) >= 11 is 0. The van der Waals surface area contributed by atoms with Gasteiger partial charge in [0.15, 0.2) is 0 Å². The van der Waals surface area contributed by atoms with Crippen LogP contribution in [0.3, 0.4) is 0 Å². The maximum Gasteiger partial charge on any atom is 0.410 e. The third-order valence-electron chi connectivity index (χ3n) is 9.81. The van der Waals surface area contributed by atoms with Gasteiger partial charge in [-0.15, -0.1) is 0 Å². The predicted octanol–water partition coefficient (Wildman–Crippen LogP) is 7.33. The topological polar surface area (TPSA) is 105 Å². The number of carbonyl (C=O) groups is 1. The molecule has 0 radical (unpaired) electrons. The fraction of sp³-hybridized carbons (Fsp3) is 0.419. The van der Waals surface area contributed by atoms with Gasteiger partial charge in [-0.3, -0.25) is 0 Å². The molecule has 53 heavy (non-hydrogen) atoms. The number of methoxy groups -OCH3 is 1. The minimum absolute atomic E-state index is 0.0966. The Hall–Kier alpha value is -4.77. The number of nitrogens with zero attached hydrogens (tertiary/aromatic N) is 2. The van der Waals surface area contributed by atoms with Gasteiger partial charge in [-0.05, 0) is 72.8 Å². The Labute approximate surface area is 313 Å². The van der Waals surface area contributed by atoms with Gasteiger partial charge in [0.25, 0.3) is 0 Å². The van der Waals surface area contributed by atoms with Crippen molar-refractivity contribution in [2.45, 2.75) is 57.5 Å². The van der Waals surface area contributed by atoms with E-state index in [0.29, 0.717) is 52.7 Å². The second-order valence-corrected chi connectivity index (χ2v) is 13.5. The van der Waals surface area contributed by atoms with Gasteiger partial charge in [-0.25, -0.2) is 4.79 Å². The zero-order valence-electron chi connectivity index (χ0n) is 30.8. The van der Waals surface area contributed by atoms with E-state index in [1.165, 1.54) is 0 Å². The number of hydrogen-bond donors (Lipinski definition) is 1. The maximum atomic E-state index is 13.2. The molecule has 0 aliphatic carbocycles. The summed E-state index contributed by atoms with van der Waals surface area (Å²) < 4.78 is 35.7. The van der Waals surface area contributed by atoms with Crippen molar-refractivity contribution in [1.82, 2.24) is 4.90 Å². The molecule has 0 spiro atoms. The molecule has 4 aromatic rings. The van der Waals surface area contributed by atoms with Crippen molar-refractivity contribution in [1.29, 1.82) is 0 Å². The third kappa shape index (κ3) is 10.9. The van der Waals surface area contributed by atoms with Crippen LogP contribution in [0.25, 0.3) is 0 Å². The summed E-state index contributed by atoms with van der Waals surface area (Å²) in [4.78, 5) is 17.4. The summed E-state index contributed by atoms with van der Waals surface area (Å²) in [5.41, 5.74) is 11.1. The number of anilines is 1. The molecule has 4 aromatic carbocycles. The molecule has 2 unspecified atom stereocenters. The van der Waals surface area contributed by atoms with Crippen LogP contribution in [0.4, 0.5) is 10.5 Å². The first kappa shape index (κ1) is 38.0. The maximum absolute atomic E-state index is 13.2. The molecule has 0 aromatic heterocycles. The van der Waals surface area contributed by atoms with Gasteiger partial charge < -0.3 is 44.0 Å². The van der Waals surface area contributed by atoms with Crippen LogP contribution in [0.5, 0.6) is 17.2 Å². The van der Waals surface area contributed by atoms with Crippen molar-refractivity contribution in [2.75, 3.05) is 64.6 Å². The van der Waals surface area contributed by atoms with Crippen LogP contribution >= 0.6 is 0 Å². The summed E-state index contributed by atoms with van der Waals surface area (Å²) in [6, 6.07) is 32.2. The van der Waals surface area contributed by atoms with E-state index in [-0.39, 0.29) is 24.7 Å². The molecule has 1 amide bonds. The van der Waals surface area contributed by atoms with Gasteiger partial charge in [0, 0.05) is 31.0 Å². The molecule has 2 aliphatic heterocycles. The first-order chi connectivity index (χ1) is 26.1. The number of nitrogens with two attached hydrogens (primary N) is 1. The van der Waals surface area contributed by atoms with Gasteiger partial charge in [0.2, 0.25) is 0 Å². The second-order valence-electron chi connectivity index (χ2n) is 13.5. The minimum atomic E-state index is -0.324. The van der Waals surface area contributed by atoms with E-state index in [1.807, 2.05) is 72.8 Å². The fourth-order valence-electron chi connectivity index (χ4n) is 6.90. The van der Waals surface area contributed by atoms with E-state index >= 15 is 0 Å². The van der Waals surface area contributed by atoms with Crippen LogP contribution in [0.2, 0.25) is 0 Å². The normalized spacial score (nSPS) is 16.8. The predicted molar refractivity (Wildman–Crippen MR) is 206 cm³/mol. The summed E-state index contributed by atoms with van der Waals surface area (Å²) in [6.45, 7) is 6.48. The highest BCUT2D eigenvalue weighted by Crippen LogP contribution is 2.35. The molecule has 0 saturated carbocycles. The molecule has 0 bridgehead atoms. The van der Waals surface area contributed by atoms with E-state index in [2.05, 4.69) is 29.2 Å². The van der Waals surface area contributed by atoms with Crippen LogP contribution in [0.15, 0.2) is 97.1 Å². The van der Waals surface area contributed by atoms with E-state index < -0.39 is 0 Å². The first-order valence-electron chi connectivity index (χ1n) is 18.8. The average Bonchev–Trinajstić information content (AvgIpc) is 3.21. The van der Waals surface area contributed by atoms with Gasteiger partial charge in [-0.2, -0.15) is 0 Å². The lowest BCUT2D eigenvalue weighted by Gasteiger charge is -2.38. The molecule has 282 valence electrons. The highest BCUT2D eigenvalue weighted by molar-refractivity contribution is 5.68. The number of carbonyl (C=O) groups excluding carboxylic acids is 1. The molecule has 6 rings (SSSR count). The number of hydrogen-bond acceptors (Lipinski definition) is 9. The van der Waals surface area contributed by atoms with Crippen molar-refractivity contribution < 1.29 is 33.2 Å². The highest BCUT2D eigenvalue weighted by Gasteiger charge is 2.34. The van der Waals surface area contributed by atoms with Crippen LogP contribution in [-0.2, 0) is 34.0 Å². The molecule has 2 heterocycles.